The molecule has 1 aliphatic heterocycles. The highest BCUT2D eigenvalue weighted by Gasteiger charge is 2.53. The average Bonchev–Trinajstić information content (AvgIpc) is 2.81. The summed E-state index contributed by atoms with van der Waals surface area (Å²) in [5, 5.41) is -0.397. The van der Waals surface area contributed by atoms with E-state index in [9.17, 15) is 9.59 Å². The van der Waals surface area contributed by atoms with Crippen LogP contribution in [0.25, 0.3) is 0 Å². The second kappa shape index (κ2) is 3.65. The molecule has 2 heterocycles. The molecule has 0 aromatic carbocycles. The van der Waals surface area contributed by atoms with Crippen molar-refractivity contribution in [2.75, 3.05) is 0 Å². The summed E-state index contributed by atoms with van der Waals surface area (Å²) in [5.74, 6) is 0. The van der Waals surface area contributed by atoms with Gasteiger partial charge < -0.3 is 0 Å². The van der Waals surface area contributed by atoms with Crippen LogP contribution in [0.15, 0.2) is 9.59 Å². The summed E-state index contributed by atoms with van der Waals surface area (Å²) in [7, 11) is 0. The molecule has 4 atom stereocenters. The van der Waals surface area contributed by atoms with E-state index in [1.165, 1.54) is 13.9 Å². The lowest BCUT2D eigenvalue weighted by atomic mass is 10.2. The summed E-state index contributed by atoms with van der Waals surface area (Å²) in [6.45, 7) is 2.38. The van der Waals surface area contributed by atoms with Gasteiger partial charge in [0.1, 0.15) is 0 Å². The molecular weight excluding hydrogens is 265 g/mol. The number of fused-ring (bicyclic) bond motifs is 5. The van der Waals surface area contributed by atoms with Crippen molar-refractivity contribution in [1.29, 1.82) is 0 Å². The molecule has 0 saturated heterocycles. The van der Waals surface area contributed by atoms with Gasteiger partial charge in [0, 0.05) is 6.54 Å². The Labute approximate surface area is 108 Å². The Morgan fingerprint density at radius 3 is 2.53 bits per heavy atom. The van der Waals surface area contributed by atoms with E-state index >= 15 is 0 Å². The van der Waals surface area contributed by atoms with Crippen LogP contribution in [0.4, 0.5) is 0 Å². The number of halogens is 2. The third-order valence-electron chi connectivity index (χ3n) is 3.66. The van der Waals surface area contributed by atoms with Gasteiger partial charge >= 0.3 is 11.4 Å². The van der Waals surface area contributed by atoms with Gasteiger partial charge in [0.25, 0.3) is 0 Å². The van der Waals surface area contributed by atoms with E-state index in [1.807, 2.05) is 6.92 Å². The number of aromatic nitrogens is 3. The standard InChI is InChI=1S/C10H13Cl2N3O2/c1-2-3-13-9(16)14-6-4-5(11)8(7(6)12)15(14)10(13)17/h5-8H,2-4H2,1H3/t5-,6-,7?,8+/m0/s1. The summed E-state index contributed by atoms with van der Waals surface area (Å²) in [5.41, 5.74) is -0.529. The minimum Gasteiger partial charge on any atom is -0.246 e. The molecule has 0 spiro atoms. The number of nitrogens with zero attached hydrogens (tertiary/aromatic N) is 3. The van der Waals surface area contributed by atoms with Gasteiger partial charge in [-0.15, -0.1) is 23.2 Å². The van der Waals surface area contributed by atoms with Crippen molar-refractivity contribution in [3.8, 4) is 0 Å². The van der Waals surface area contributed by atoms with Crippen molar-refractivity contribution in [2.24, 2.45) is 0 Å². The molecule has 7 heteroatoms. The van der Waals surface area contributed by atoms with Crippen LogP contribution >= 0.6 is 23.2 Å². The Morgan fingerprint density at radius 1 is 1.24 bits per heavy atom. The molecule has 17 heavy (non-hydrogen) atoms. The maximum atomic E-state index is 12.1. The second-order valence-electron chi connectivity index (χ2n) is 4.66. The lowest BCUT2D eigenvalue weighted by Gasteiger charge is -2.18. The minimum atomic E-state index is -0.277. The van der Waals surface area contributed by atoms with Crippen LogP contribution in [-0.2, 0) is 6.54 Å². The Morgan fingerprint density at radius 2 is 1.88 bits per heavy atom. The zero-order chi connectivity index (χ0) is 12.3. The van der Waals surface area contributed by atoms with Crippen molar-refractivity contribution >= 4 is 23.2 Å². The summed E-state index contributed by atoms with van der Waals surface area (Å²) < 4.78 is 4.23. The minimum absolute atomic E-state index is 0.137. The Hall–Kier alpha value is -0.680. The first-order valence-corrected chi connectivity index (χ1v) is 6.67. The lowest BCUT2D eigenvalue weighted by Crippen LogP contribution is -2.33. The smallest absolute Gasteiger partial charge is 0.246 e. The summed E-state index contributed by atoms with van der Waals surface area (Å²) in [4.78, 5) is 24.3. The molecular formula is C10H13Cl2N3O2. The molecule has 94 valence electrons. The molecule has 1 aromatic rings. The van der Waals surface area contributed by atoms with Gasteiger partial charge in [0.15, 0.2) is 0 Å². The van der Waals surface area contributed by atoms with Crippen LogP contribution in [0.5, 0.6) is 0 Å². The zero-order valence-corrected chi connectivity index (χ0v) is 10.9. The monoisotopic (exact) mass is 277 g/mol. The summed E-state index contributed by atoms with van der Waals surface area (Å²) in [6, 6.07) is -0.385. The van der Waals surface area contributed by atoms with Crippen LogP contribution in [0.2, 0.25) is 0 Å². The van der Waals surface area contributed by atoms with Crippen LogP contribution in [0, 0.1) is 0 Å². The van der Waals surface area contributed by atoms with Gasteiger partial charge in [0.05, 0.1) is 22.8 Å². The molecule has 1 saturated carbocycles. The fourth-order valence-electron chi connectivity index (χ4n) is 2.95. The number of hydrogen-bond acceptors (Lipinski definition) is 2. The highest BCUT2D eigenvalue weighted by Crippen LogP contribution is 2.48. The van der Waals surface area contributed by atoms with E-state index < -0.39 is 0 Å². The molecule has 3 rings (SSSR count). The third kappa shape index (κ3) is 1.27. The Bertz CT molecular complexity index is 573. The SMILES string of the molecule is CCCn1c(=O)n2n(c1=O)[C@H]1C(Cl)[C@@H]2C[C@@H]1Cl. The van der Waals surface area contributed by atoms with E-state index in [-0.39, 0.29) is 34.2 Å². The van der Waals surface area contributed by atoms with E-state index in [2.05, 4.69) is 0 Å². The van der Waals surface area contributed by atoms with Crippen LogP contribution in [0.1, 0.15) is 31.8 Å². The van der Waals surface area contributed by atoms with Gasteiger partial charge in [-0.05, 0) is 12.8 Å². The first-order chi connectivity index (χ1) is 8.07. The molecule has 1 fully saturated rings. The highest BCUT2D eigenvalue weighted by molar-refractivity contribution is 6.25. The van der Waals surface area contributed by atoms with Crippen LogP contribution < -0.4 is 11.4 Å². The number of alkyl halides is 2. The fraction of sp³-hybridized carbons (Fsp3) is 0.800. The molecule has 2 aliphatic rings. The Balaban J connectivity index is 2.23. The average molecular weight is 278 g/mol. The Kier molecular flexibility index (Phi) is 2.45. The van der Waals surface area contributed by atoms with Crippen molar-refractivity contribution in [3.63, 3.8) is 0 Å². The van der Waals surface area contributed by atoms with Crippen molar-refractivity contribution in [2.45, 2.75) is 49.1 Å². The van der Waals surface area contributed by atoms with E-state index in [1.54, 1.807) is 0 Å². The van der Waals surface area contributed by atoms with Gasteiger partial charge in [0.2, 0.25) is 0 Å². The maximum Gasteiger partial charge on any atom is 0.347 e. The topological polar surface area (TPSA) is 48.9 Å². The molecule has 0 amide bonds. The molecule has 1 unspecified atom stereocenters. The molecule has 2 bridgehead atoms. The van der Waals surface area contributed by atoms with Crippen LogP contribution in [0.3, 0.4) is 0 Å². The first kappa shape index (κ1) is 11.4. The zero-order valence-electron chi connectivity index (χ0n) is 9.34. The molecule has 5 nitrogen and oxygen atoms in total. The van der Waals surface area contributed by atoms with Gasteiger partial charge in [-0.2, -0.15) is 0 Å². The van der Waals surface area contributed by atoms with Crippen molar-refractivity contribution < 1.29 is 0 Å². The fourth-order valence-corrected chi connectivity index (χ4v) is 3.96. The summed E-state index contributed by atoms with van der Waals surface area (Å²) >= 11 is 12.4. The summed E-state index contributed by atoms with van der Waals surface area (Å²) in [6.07, 6.45) is 1.42. The number of hydrogen-bond donors (Lipinski definition) is 0. The largest absolute Gasteiger partial charge is 0.347 e. The van der Waals surface area contributed by atoms with E-state index in [0.29, 0.717) is 13.0 Å². The van der Waals surface area contributed by atoms with E-state index in [0.717, 1.165) is 6.42 Å². The van der Waals surface area contributed by atoms with E-state index in [4.69, 9.17) is 23.2 Å². The maximum absolute atomic E-state index is 12.1. The molecule has 0 N–H and O–H groups in total. The van der Waals surface area contributed by atoms with Gasteiger partial charge in [-0.25, -0.2) is 23.5 Å². The normalized spacial score (nSPS) is 34.3. The van der Waals surface area contributed by atoms with Gasteiger partial charge in [-0.3, -0.25) is 0 Å². The van der Waals surface area contributed by atoms with Crippen LogP contribution in [-0.4, -0.2) is 24.7 Å². The first-order valence-electron chi connectivity index (χ1n) is 5.80. The quantitative estimate of drug-likeness (QED) is 0.756. The lowest BCUT2D eigenvalue weighted by molar-refractivity contribution is 0.378. The number of rotatable bonds is 2. The van der Waals surface area contributed by atoms with Gasteiger partial charge in [-0.1, -0.05) is 6.92 Å². The van der Waals surface area contributed by atoms with Crippen molar-refractivity contribution in [1.82, 2.24) is 13.9 Å². The van der Waals surface area contributed by atoms with Crippen molar-refractivity contribution in [3.05, 3.63) is 21.0 Å². The molecule has 1 aromatic heterocycles. The molecule has 0 radical (unpaired) electrons. The highest BCUT2D eigenvalue weighted by atomic mass is 35.5. The predicted octanol–water partition coefficient (Wildman–Crippen LogP) is 0.936. The molecule has 1 aliphatic carbocycles. The third-order valence-corrected chi connectivity index (χ3v) is 4.65. The second-order valence-corrected chi connectivity index (χ2v) is 5.72. The predicted molar refractivity (Wildman–Crippen MR) is 65.2 cm³/mol.